The average molecular weight is 568 g/mol. The largest absolute Gasteiger partial charge is 0.542 e. The Morgan fingerprint density at radius 2 is 1.59 bits per heavy atom. The molecule has 1 rings (SSSR count). The summed E-state index contributed by atoms with van der Waals surface area (Å²) in [4.78, 5) is 50.0. The van der Waals surface area contributed by atoms with Crippen LogP contribution in [0.15, 0.2) is 11.8 Å². The number of ether oxygens (including phenoxy) is 1. The number of carboxylic acid groups (broad SMARTS) is 2. The van der Waals surface area contributed by atoms with Crippen molar-refractivity contribution in [3.05, 3.63) is 11.8 Å². The first kappa shape index (κ1) is 35.5. The fourth-order valence-electron chi connectivity index (χ4n) is 3.80. The highest BCUT2D eigenvalue weighted by molar-refractivity contribution is 5.88. The highest BCUT2D eigenvalue weighted by atomic mass is 19.4. The third-order valence-corrected chi connectivity index (χ3v) is 5.52. The van der Waals surface area contributed by atoms with E-state index in [0.29, 0.717) is 13.1 Å². The van der Waals surface area contributed by atoms with Crippen LogP contribution in [0.3, 0.4) is 0 Å². The van der Waals surface area contributed by atoms with E-state index in [2.05, 4.69) is 17.2 Å². The topological polar surface area (TPSA) is 202 Å². The third kappa shape index (κ3) is 14.3. The van der Waals surface area contributed by atoms with Gasteiger partial charge in [0.1, 0.15) is 18.1 Å². The predicted octanol–water partition coefficient (Wildman–Crippen LogP) is -1.13. The fraction of sp³-hybridized carbons (Fsp3) is 0.708. The molecule has 0 aromatic rings. The van der Waals surface area contributed by atoms with Crippen LogP contribution in [0.5, 0.6) is 0 Å². The molecule has 2 amide bonds. The van der Waals surface area contributed by atoms with Gasteiger partial charge in [0, 0.05) is 26.1 Å². The standard InChI is InChI=1S/C22H39N5O5.C2HF3O2/c1-4-6-7-8-9-10-11-13-27(12-5-2)20(29)19-18(25-15(3)28)16(26-22(23)24)14-17(32-19)21(30)31;3-2(4,5)1(6)7/h14,16,18-19H,4-13H2,1-3H3,(H,25,28)(H,30,31)(H4,23,24,26);(H,6,7)/t16-,18+,19+;/m0./s1. The number of carboxylic acids is 2. The maximum atomic E-state index is 13.4. The molecule has 1 aliphatic rings. The lowest BCUT2D eigenvalue weighted by atomic mass is 9.97. The zero-order valence-electron chi connectivity index (χ0n) is 22.5. The molecular formula is C24H40F3N5O7. The summed E-state index contributed by atoms with van der Waals surface area (Å²) >= 11 is 0. The SMILES string of the molecule is CCCCCCCCCN(CCC)C(=O)[C@@H]1OC(C(=O)O)=C[C@H]([NH+]=C(N)N)[C@H]1NC(C)=O.O=C([O-])C(F)(F)F. The molecule has 39 heavy (non-hydrogen) atoms. The number of hydrogen-bond acceptors (Lipinski definition) is 6. The molecule has 1 heterocycles. The van der Waals surface area contributed by atoms with Crippen LogP contribution in [0.2, 0.25) is 0 Å². The van der Waals surface area contributed by atoms with Crippen molar-refractivity contribution in [2.24, 2.45) is 11.5 Å². The molecule has 1 aliphatic heterocycles. The molecule has 0 radical (unpaired) electrons. The Morgan fingerprint density at radius 1 is 1.05 bits per heavy atom. The molecule has 0 aliphatic carbocycles. The molecule has 0 fully saturated rings. The van der Waals surface area contributed by atoms with E-state index in [0.717, 1.165) is 25.7 Å². The zero-order valence-corrected chi connectivity index (χ0v) is 22.5. The Bertz CT molecular complexity index is 877. The summed E-state index contributed by atoms with van der Waals surface area (Å²) < 4.78 is 37.1. The van der Waals surface area contributed by atoms with Crippen LogP contribution in [-0.2, 0) is 23.9 Å². The molecule has 15 heteroatoms. The van der Waals surface area contributed by atoms with Crippen molar-refractivity contribution < 1.29 is 52.3 Å². The van der Waals surface area contributed by atoms with Crippen LogP contribution in [0.4, 0.5) is 13.2 Å². The zero-order chi connectivity index (χ0) is 30.2. The maximum Gasteiger partial charge on any atom is 0.430 e. The van der Waals surface area contributed by atoms with Gasteiger partial charge in [0.15, 0.2) is 0 Å². The van der Waals surface area contributed by atoms with E-state index in [1.807, 2.05) is 6.92 Å². The van der Waals surface area contributed by atoms with Crippen LogP contribution >= 0.6 is 0 Å². The molecule has 0 saturated heterocycles. The highest BCUT2D eigenvalue weighted by Gasteiger charge is 2.44. The molecule has 7 N–H and O–H groups in total. The van der Waals surface area contributed by atoms with Gasteiger partial charge in [-0.1, -0.05) is 52.4 Å². The number of unbranched alkanes of at least 4 members (excludes halogenated alkanes) is 6. The first-order chi connectivity index (χ1) is 18.1. The van der Waals surface area contributed by atoms with Crippen molar-refractivity contribution >= 4 is 29.7 Å². The van der Waals surface area contributed by atoms with Gasteiger partial charge >= 0.3 is 18.1 Å². The number of carbonyl (C=O) groups is 4. The van der Waals surface area contributed by atoms with Crippen molar-refractivity contribution in [1.82, 2.24) is 10.2 Å². The highest BCUT2D eigenvalue weighted by Crippen LogP contribution is 2.20. The van der Waals surface area contributed by atoms with Crippen LogP contribution < -0.4 is 26.9 Å². The monoisotopic (exact) mass is 567 g/mol. The van der Waals surface area contributed by atoms with E-state index in [1.54, 1.807) is 4.90 Å². The lowest BCUT2D eigenvalue weighted by Crippen LogP contribution is -2.89. The number of nitrogens with one attached hydrogen (secondary N) is 2. The van der Waals surface area contributed by atoms with Gasteiger partial charge in [-0.2, -0.15) is 13.2 Å². The lowest BCUT2D eigenvalue weighted by molar-refractivity contribution is -0.499. The van der Waals surface area contributed by atoms with Gasteiger partial charge in [-0.15, -0.1) is 0 Å². The Hall–Kier alpha value is -3.52. The molecule has 224 valence electrons. The lowest BCUT2D eigenvalue weighted by Gasteiger charge is -2.36. The van der Waals surface area contributed by atoms with E-state index in [4.69, 9.17) is 26.1 Å². The van der Waals surface area contributed by atoms with E-state index in [-0.39, 0.29) is 17.8 Å². The molecule has 0 saturated carbocycles. The summed E-state index contributed by atoms with van der Waals surface area (Å²) in [5, 5.41) is 20.9. The van der Waals surface area contributed by atoms with E-state index in [9.17, 15) is 32.7 Å². The molecular weight excluding hydrogens is 527 g/mol. The molecule has 0 bridgehead atoms. The minimum Gasteiger partial charge on any atom is -0.542 e. The van der Waals surface area contributed by atoms with Gasteiger partial charge in [0.2, 0.25) is 17.8 Å². The quantitative estimate of drug-likeness (QED) is 0.0978. The van der Waals surface area contributed by atoms with E-state index >= 15 is 0 Å². The number of nitrogens with zero attached hydrogens (tertiary/aromatic N) is 1. The second kappa shape index (κ2) is 17.9. The first-order valence-electron chi connectivity index (χ1n) is 12.8. The van der Waals surface area contributed by atoms with Crippen molar-refractivity contribution in [3.8, 4) is 0 Å². The van der Waals surface area contributed by atoms with Crippen molar-refractivity contribution in [3.63, 3.8) is 0 Å². The number of nitrogens with two attached hydrogens (primary N) is 2. The second-order valence-corrected chi connectivity index (χ2v) is 8.96. The summed E-state index contributed by atoms with van der Waals surface area (Å²) in [5.41, 5.74) is 11.1. The number of alkyl halides is 3. The molecule has 0 spiro atoms. The summed E-state index contributed by atoms with van der Waals surface area (Å²) in [7, 11) is 0. The third-order valence-electron chi connectivity index (χ3n) is 5.52. The Labute approximate surface area is 225 Å². The van der Waals surface area contributed by atoms with Gasteiger partial charge in [-0.25, -0.2) is 4.79 Å². The number of rotatable bonds is 14. The number of guanidine groups is 1. The van der Waals surface area contributed by atoms with Crippen LogP contribution in [0.25, 0.3) is 0 Å². The first-order valence-corrected chi connectivity index (χ1v) is 12.8. The van der Waals surface area contributed by atoms with Gasteiger partial charge in [-0.3, -0.25) is 26.0 Å². The number of carbonyl (C=O) groups excluding carboxylic acids is 3. The average Bonchev–Trinajstić information content (AvgIpc) is 2.82. The minimum atomic E-state index is -5.19. The summed E-state index contributed by atoms with van der Waals surface area (Å²) in [6.45, 7) is 6.52. The second-order valence-electron chi connectivity index (χ2n) is 8.96. The smallest absolute Gasteiger partial charge is 0.430 e. The van der Waals surface area contributed by atoms with Crippen molar-refractivity contribution in [2.45, 2.75) is 96.5 Å². The Morgan fingerprint density at radius 3 is 2.03 bits per heavy atom. The normalized spacial score (nSPS) is 18.4. The van der Waals surface area contributed by atoms with Crippen molar-refractivity contribution in [1.29, 1.82) is 0 Å². The van der Waals surface area contributed by atoms with Gasteiger partial charge in [-0.05, 0) is 12.8 Å². The van der Waals surface area contributed by atoms with Crippen LogP contribution in [0, 0.1) is 0 Å². The molecule has 12 nitrogen and oxygen atoms in total. The van der Waals surface area contributed by atoms with E-state index in [1.165, 1.54) is 38.7 Å². The number of aliphatic carboxylic acids is 2. The van der Waals surface area contributed by atoms with Crippen molar-refractivity contribution in [2.75, 3.05) is 13.1 Å². The number of hydrogen-bond donors (Lipinski definition) is 5. The van der Waals surface area contributed by atoms with Gasteiger partial charge in [0.25, 0.3) is 5.91 Å². The maximum absolute atomic E-state index is 13.4. The molecule has 0 aromatic carbocycles. The Balaban J connectivity index is 0.00000181. The number of halogens is 3. The van der Waals surface area contributed by atoms with Gasteiger partial charge < -0.3 is 30.0 Å². The minimum absolute atomic E-state index is 0.159. The Kier molecular flexibility index (Phi) is 16.3. The molecule has 3 atom stereocenters. The van der Waals surface area contributed by atoms with Crippen LogP contribution in [0.1, 0.15) is 72.1 Å². The summed E-state index contributed by atoms with van der Waals surface area (Å²) in [6, 6.07) is -1.70. The molecule has 0 aromatic heterocycles. The van der Waals surface area contributed by atoms with Crippen LogP contribution in [-0.4, -0.2) is 77.2 Å². The molecule has 0 unspecified atom stereocenters. The predicted molar refractivity (Wildman–Crippen MR) is 132 cm³/mol. The fourth-order valence-corrected chi connectivity index (χ4v) is 3.80. The van der Waals surface area contributed by atoms with E-state index < -0.39 is 42.1 Å². The van der Waals surface area contributed by atoms with Gasteiger partial charge in [0.05, 0.1) is 0 Å². The summed E-state index contributed by atoms with van der Waals surface area (Å²) in [5.74, 6) is -5.64. The summed E-state index contributed by atoms with van der Waals surface area (Å²) in [6.07, 6.45) is 3.41. The number of amides is 2.